The number of ether oxygens (including phenoxy) is 2. The van der Waals surface area contributed by atoms with Crippen LogP contribution in [-0.4, -0.2) is 57.6 Å². The number of rotatable bonds is 8. The SMILES string of the molecule is CCOc1ccc(CN(C)c2ccc([N+](=O)[O-])cc2S(=O)(=O)N2CCOCC2)cc1. The Labute approximate surface area is 176 Å². The van der Waals surface area contributed by atoms with Gasteiger partial charge in [0.25, 0.3) is 5.69 Å². The molecule has 1 aliphatic rings. The Morgan fingerprint density at radius 2 is 1.83 bits per heavy atom. The van der Waals surface area contributed by atoms with E-state index in [1.807, 2.05) is 31.2 Å². The third-order valence-electron chi connectivity index (χ3n) is 4.81. The van der Waals surface area contributed by atoms with Gasteiger partial charge in [0.2, 0.25) is 10.0 Å². The molecule has 9 nitrogen and oxygen atoms in total. The number of benzene rings is 2. The lowest BCUT2D eigenvalue weighted by Crippen LogP contribution is -2.41. The summed E-state index contributed by atoms with van der Waals surface area (Å²) in [6.45, 7) is 3.94. The summed E-state index contributed by atoms with van der Waals surface area (Å²) < 4.78 is 38.5. The summed E-state index contributed by atoms with van der Waals surface area (Å²) in [7, 11) is -2.15. The molecule has 0 radical (unpaired) electrons. The Bertz CT molecular complexity index is 988. The number of nitro groups is 1. The van der Waals surface area contributed by atoms with E-state index in [0.717, 1.165) is 17.4 Å². The molecule has 0 unspecified atom stereocenters. The van der Waals surface area contributed by atoms with Crippen molar-refractivity contribution in [3.63, 3.8) is 0 Å². The number of hydrogen-bond acceptors (Lipinski definition) is 7. The van der Waals surface area contributed by atoms with E-state index in [-0.39, 0.29) is 23.7 Å². The van der Waals surface area contributed by atoms with Gasteiger partial charge in [-0.05, 0) is 30.7 Å². The van der Waals surface area contributed by atoms with Crippen LogP contribution in [-0.2, 0) is 21.3 Å². The van der Waals surface area contributed by atoms with Crippen molar-refractivity contribution in [2.75, 3.05) is 44.9 Å². The van der Waals surface area contributed by atoms with E-state index in [9.17, 15) is 18.5 Å². The maximum Gasteiger partial charge on any atom is 0.270 e. The molecule has 162 valence electrons. The fourth-order valence-corrected chi connectivity index (χ4v) is 4.95. The highest BCUT2D eigenvalue weighted by Gasteiger charge is 2.31. The van der Waals surface area contributed by atoms with Crippen LogP contribution in [0.4, 0.5) is 11.4 Å². The summed E-state index contributed by atoms with van der Waals surface area (Å²) in [6, 6.07) is 11.5. The molecule has 30 heavy (non-hydrogen) atoms. The van der Waals surface area contributed by atoms with Gasteiger partial charge in [0.15, 0.2) is 0 Å². The second-order valence-electron chi connectivity index (χ2n) is 6.86. The number of anilines is 1. The van der Waals surface area contributed by atoms with Crippen molar-refractivity contribution < 1.29 is 22.8 Å². The lowest BCUT2D eigenvalue weighted by atomic mass is 10.2. The molecule has 1 aliphatic heterocycles. The van der Waals surface area contributed by atoms with Crippen LogP contribution in [0.3, 0.4) is 0 Å². The minimum Gasteiger partial charge on any atom is -0.494 e. The zero-order chi connectivity index (χ0) is 21.7. The van der Waals surface area contributed by atoms with Crippen LogP contribution in [0, 0.1) is 10.1 Å². The second-order valence-corrected chi connectivity index (χ2v) is 8.76. The van der Waals surface area contributed by atoms with Crippen molar-refractivity contribution in [2.45, 2.75) is 18.4 Å². The van der Waals surface area contributed by atoms with Crippen LogP contribution < -0.4 is 9.64 Å². The largest absolute Gasteiger partial charge is 0.494 e. The topological polar surface area (TPSA) is 102 Å². The molecule has 1 fully saturated rings. The van der Waals surface area contributed by atoms with E-state index in [4.69, 9.17) is 9.47 Å². The molecule has 1 saturated heterocycles. The predicted octanol–water partition coefficient (Wildman–Crippen LogP) is 2.65. The first-order valence-corrected chi connectivity index (χ1v) is 11.1. The number of nitrogens with zero attached hydrogens (tertiary/aromatic N) is 3. The number of nitro benzene ring substituents is 1. The first kappa shape index (κ1) is 22.0. The summed E-state index contributed by atoms with van der Waals surface area (Å²) in [5.74, 6) is 0.759. The first-order chi connectivity index (χ1) is 14.3. The highest BCUT2D eigenvalue weighted by Crippen LogP contribution is 2.32. The van der Waals surface area contributed by atoms with E-state index in [1.54, 1.807) is 11.9 Å². The third-order valence-corrected chi connectivity index (χ3v) is 6.74. The zero-order valence-corrected chi connectivity index (χ0v) is 17.8. The summed E-state index contributed by atoms with van der Waals surface area (Å²) in [4.78, 5) is 12.4. The van der Waals surface area contributed by atoms with Crippen molar-refractivity contribution in [3.8, 4) is 5.75 Å². The molecule has 0 atom stereocenters. The molecular formula is C20H25N3O6S. The van der Waals surface area contributed by atoms with Gasteiger partial charge in [-0.25, -0.2) is 8.42 Å². The van der Waals surface area contributed by atoms with Crippen molar-refractivity contribution in [1.82, 2.24) is 4.31 Å². The van der Waals surface area contributed by atoms with Crippen LogP contribution in [0.1, 0.15) is 12.5 Å². The Kier molecular flexibility index (Phi) is 6.91. The number of hydrogen-bond donors (Lipinski definition) is 0. The average molecular weight is 436 g/mol. The summed E-state index contributed by atoms with van der Waals surface area (Å²) >= 11 is 0. The summed E-state index contributed by atoms with van der Waals surface area (Å²) in [5.41, 5.74) is 1.09. The highest BCUT2D eigenvalue weighted by atomic mass is 32.2. The maximum atomic E-state index is 13.3. The molecule has 2 aromatic carbocycles. The van der Waals surface area contributed by atoms with Crippen LogP contribution in [0.15, 0.2) is 47.4 Å². The molecule has 0 aromatic heterocycles. The Balaban J connectivity index is 1.93. The highest BCUT2D eigenvalue weighted by molar-refractivity contribution is 7.89. The normalized spacial score (nSPS) is 15.0. The van der Waals surface area contributed by atoms with Gasteiger partial charge in [-0.1, -0.05) is 12.1 Å². The van der Waals surface area contributed by atoms with Crippen LogP contribution in [0.5, 0.6) is 5.75 Å². The van der Waals surface area contributed by atoms with E-state index >= 15 is 0 Å². The molecule has 2 aromatic rings. The molecule has 0 aliphatic carbocycles. The molecule has 10 heteroatoms. The fourth-order valence-electron chi connectivity index (χ4n) is 3.28. The van der Waals surface area contributed by atoms with Crippen molar-refractivity contribution >= 4 is 21.4 Å². The van der Waals surface area contributed by atoms with Crippen molar-refractivity contribution in [3.05, 3.63) is 58.1 Å². The van der Waals surface area contributed by atoms with E-state index < -0.39 is 14.9 Å². The second kappa shape index (κ2) is 9.41. The van der Waals surface area contributed by atoms with E-state index in [2.05, 4.69) is 0 Å². The summed E-state index contributed by atoms with van der Waals surface area (Å²) in [6.07, 6.45) is 0. The van der Waals surface area contributed by atoms with Crippen LogP contribution >= 0.6 is 0 Å². The Morgan fingerprint density at radius 3 is 2.43 bits per heavy atom. The Hall–Kier alpha value is -2.69. The van der Waals surface area contributed by atoms with Crippen LogP contribution in [0.25, 0.3) is 0 Å². The fraction of sp³-hybridized carbons (Fsp3) is 0.400. The number of sulfonamides is 1. The molecule has 0 bridgehead atoms. The van der Waals surface area contributed by atoms with Crippen molar-refractivity contribution in [1.29, 1.82) is 0 Å². The first-order valence-electron chi connectivity index (χ1n) is 9.62. The molecule has 0 saturated carbocycles. The smallest absolute Gasteiger partial charge is 0.270 e. The van der Waals surface area contributed by atoms with Crippen LogP contribution in [0.2, 0.25) is 0 Å². The molecule has 0 N–H and O–H groups in total. The minimum absolute atomic E-state index is 0.0768. The number of morpholine rings is 1. The summed E-state index contributed by atoms with van der Waals surface area (Å²) in [5, 5.41) is 11.3. The van der Waals surface area contributed by atoms with Gasteiger partial charge in [-0.15, -0.1) is 0 Å². The van der Waals surface area contributed by atoms with Gasteiger partial charge in [0.1, 0.15) is 10.6 Å². The molecule has 3 rings (SSSR count). The zero-order valence-electron chi connectivity index (χ0n) is 17.0. The standard InChI is InChI=1S/C20H25N3O6S/c1-3-29-18-7-4-16(5-8-18)15-21(2)19-9-6-17(23(24)25)14-20(19)30(26,27)22-10-12-28-13-11-22/h4-9,14H,3,10-13,15H2,1-2H3. The van der Waals surface area contributed by atoms with Gasteiger partial charge in [0, 0.05) is 38.8 Å². The monoisotopic (exact) mass is 435 g/mol. The number of non-ortho nitro benzene ring substituents is 1. The van der Waals surface area contributed by atoms with Gasteiger partial charge in [-0.3, -0.25) is 10.1 Å². The lowest BCUT2D eigenvalue weighted by molar-refractivity contribution is -0.385. The molecule has 1 heterocycles. The van der Waals surface area contributed by atoms with Gasteiger partial charge in [0.05, 0.1) is 30.4 Å². The maximum absolute atomic E-state index is 13.3. The Morgan fingerprint density at radius 1 is 1.17 bits per heavy atom. The van der Waals surface area contributed by atoms with E-state index in [0.29, 0.717) is 32.1 Å². The molecular weight excluding hydrogens is 410 g/mol. The van der Waals surface area contributed by atoms with Crippen molar-refractivity contribution in [2.24, 2.45) is 0 Å². The van der Waals surface area contributed by atoms with Gasteiger partial charge >= 0.3 is 0 Å². The molecule has 0 amide bonds. The lowest BCUT2D eigenvalue weighted by Gasteiger charge is -2.29. The van der Waals surface area contributed by atoms with Gasteiger partial charge < -0.3 is 14.4 Å². The third kappa shape index (κ3) is 4.89. The molecule has 0 spiro atoms. The quantitative estimate of drug-likeness (QED) is 0.464. The van der Waals surface area contributed by atoms with E-state index in [1.165, 1.54) is 16.4 Å². The average Bonchev–Trinajstić information content (AvgIpc) is 2.75. The predicted molar refractivity (Wildman–Crippen MR) is 112 cm³/mol. The minimum atomic E-state index is -3.91. The van der Waals surface area contributed by atoms with Gasteiger partial charge in [-0.2, -0.15) is 4.31 Å².